The first-order chi connectivity index (χ1) is 27.3. The number of pyridine rings is 1. The number of carboxylic acid groups (broad SMARTS) is 1. The number of ether oxygens (including phenoxy) is 1. The molecule has 0 radical (unpaired) electrons. The van der Waals surface area contributed by atoms with Crippen molar-refractivity contribution in [3.05, 3.63) is 56.7 Å². The lowest BCUT2D eigenvalue weighted by Crippen LogP contribution is -2.70. The number of ketones is 2. The molecule has 1 saturated heterocycles. The number of nitrogens with zero attached hydrogens (tertiary/aromatic N) is 3. The molecule has 14 heteroatoms. The van der Waals surface area contributed by atoms with E-state index in [4.69, 9.17) is 4.74 Å². The minimum Gasteiger partial charge on any atom is -0.487 e. The van der Waals surface area contributed by atoms with E-state index in [9.17, 15) is 39.6 Å². The molecule has 2 aliphatic heterocycles. The van der Waals surface area contributed by atoms with Gasteiger partial charge < -0.3 is 39.5 Å². The summed E-state index contributed by atoms with van der Waals surface area (Å²) in [7, 11) is 2.04. The number of carbonyl (C=O) groups excluding carboxylic acids is 2. The summed E-state index contributed by atoms with van der Waals surface area (Å²) in [6.45, 7) is 17.5. The van der Waals surface area contributed by atoms with Gasteiger partial charge in [0.05, 0.1) is 23.0 Å². The topological polar surface area (TPSA) is 170 Å². The van der Waals surface area contributed by atoms with Crippen molar-refractivity contribution < 1.29 is 48.3 Å². The Morgan fingerprint density at radius 3 is 2.32 bits per heavy atom. The van der Waals surface area contributed by atoms with E-state index in [1.165, 1.54) is 26.0 Å². The third kappa shape index (κ3) is 5.85. The van der Waals surface area contributed by atoms with E-state index in [0.29, 0.717) is 60.6 Å². The molecule has 1 unspecified atom stereocenters. The number of halogens is 2. The van der Waals surface area contributed by atoms with E-state index in [-0.39, 0.29) is 53.3 Å². The van der Waals surface area contributed by atoms with Gasteiger partial charge in [0.25, 0.3) is 0 Å². The van der Waals surface area contributed by atoms with E-state index < -0.39 is 68.6 Å². The van der Waals surface area contributed by atoms with Crippen LogP contribution in [0.2, 0.25) is 0 Å². The quantitative estimate of drug-likeness (QED) is 0.319. The molecule has 6 aliphatic rings. The number of alkyl halides is 1. The Kier molecular flexibility index (Phi) is 10.3. The van der Waals surface area contributed by atoms with Crippen LogP contribution >= 0.6 is 0 Å². The predicted molar refractivity (Wildman–Crippen MR) is 218 cm³/mol. The van der Waals surface area contributed by atoms with Crippen molar-refractivity contribution in [1.29, 1.82) is 0 Å². The van der Waals surface area contributed by atoms with Crippen molar-refractivity contribution in [3.8, 4) is 5.75 Å². The molecule has 59 heavy (non-hydrogen) atoms. The fourth-order valence-corrected chi connectivity index (χ4v) is 12.1. The van der Waals surface area contributed by atoms with E-state index in [2.05, 4.69) is 11.8 Å². The number of allylic oxidation sites excluding steroid dienone is 4. The molecule has 4 N–H and O–H groups in total. The Morgan fingerprint density at radius 2 is 1.71 bits per heavy atom. The molecule has 0 bridgehead atoms. The Hall–Kier alpha value is -3.98. The number of aromatic nitrogens is 1. The highest BCUT2D eigenvalue weighted by Crippen LogP contribution is 2.71. The van der Waals surface area contributed by atoms with Gasteiger partial charge in [-0.25, -0.2) is 13.6 Å². The molecule has 1 aromatic heterocycles. The number of fused-ring (bicyclic) bond motifs is 5. The summed E-state index contributed by atoms with van der Waals surface area (Å²) < 4.78 is 40.5. The highest BCUT2D eigenvalue weighted by atomic mass is 19.1. The zero-order valence-electron chi connectivity index (χ0n) is 35.8. The van der Waals surface area contributed by atoms with Crippen LogP contribution in [0.4, 0.5) is 14.5 Å². The lowest BCUT2D eigenvalue weighted by molar-refractivity contribution is -0.223. The van der Waals surface area contributed by atoms with Crippen molar-refractivity contribution in [2.45, 2.75) is 123 Å². The van der Waals surface area contributed by atoms with Crippen molar-refractivity contribution in [2.75, 3.05) is 38.2 Å². The molecular formula is C45H59F2N3O9. The maximum Gasteiger partial charge on any atom is 0.341 e. The third-order valence-corrected chi connectivity index (χ3v) is 15.5. The number of carbonyl (C=O) groups is 3. The smallest absolute Gasteiger partial charge is 0.341 e. The number of hydrogen-bond donors (Lipinski definition) is 4. The minimum absolute atomic E-state index is 0.0853. The summed E-state index contributed by atoms with van der Waals surface area (Å²) in [6.07, 6.45) is 4.37. The molecule has 10 atom stereocenters. The lowest BCUT2D eigenvalue weighted by atomic mass is 9.44. The summed E-state index contributed by atoms with van der Waals surface area (Å²) in [5, 5.41) is 43.1. The van der Waals surface area contributed by atoms with Gasteiger partial charge in [0, 0.05) is 53.7 Å². The second-order valence-electron chi connectivity index (χ2n) is 19.3. The number of aryl methyl sites for hydroxylation is 1. The maximum absolute atomic E-state index is 17.0. The second kappa shape index (κ2) is 14.0. The Balaban J connectivity index is 0.000000179. The summed E-state index contributed by atoms with van der Waals surface area (Å²) in [5.74, 6) is -3.68. The first kappa shape index (κ1) is 43.1. The molecular weight excluding hydrogens is 765 g/mol. The molecule has 3 saturated carbocycles. The van der Waals surface area contributed by atoms with Crippen molar-refractivity contribution in [2.24, 2.45) is 28.6 Å². The second-order valence-corrected chi connectivity index (χ2v) is 19.3. The molecule has 1 aromatic carbocycles. The molecule has 322 valence electrons. The average molecular weight is 824 g/mol. The van der Waals surface area contributed by atoms with Crippen LogP contribution in [0.25, 0.3) is 10.9 Å². The van der Waals surface area contributed by atoms with Crippen LogP contribution in [0.5, 0.6) is 5.75 Å². The van der Waals surface area contributed by atoms with Crippen molar-refractivity contribution in [1.82, 2.24) is 9.47 Å². The van der Waals surface area contributed by atoms with E-state index >= 15 is 8.78 Å². The number of anilines is 1. The molecule has 3 heterocycles. The number of likely N-dealkylation sites (N-methyl/N-ethyl adjacent to an activating group) is 1. The number of aliphatic hydroxyl groups is 3. The van der Waals surface area contributed by atoms with Gasteiger partial charge in [-0.05, 0) is 105 Å². The molecule has 8 rings (SSSR count). The largest absolute Gasteiger partial charge is 0.487 e. The normalized spacial score (nSPS) is 36.5. The van der Waals surface area contributed by atoms with E-state index in [0.717, 1.165) is 6.54 Å². The number of aromatic carboxylic acids is 1. The number of benzene rings is 1. The van der Waals surface area contributed by atoms with Crippen LogP contribution in [-0.4, -0.2) is 110 Å². The maximum atomic E-state index is 17.0. The molecule has 0 amide bonds. The van der Waals surface area contributed by atoms with Gasteiger partial charge >= 0.3 is 5.97 Å². The average Bonchev–Trinajstić information content (AvgIpc) is 3.34. The van der Waals surface area contributed by atoms with Crippen LogP contribution in [0.15, 0.2) is 28.6 Å². The lowest BCUT2D eigenvalue weighted by Gasteiger charge is -2.62. The van der Waals surface area contributed by atoms with Crippen LogP contribution in [-0.2, 0) is 9.59 Å². The minimum atomic E-state index is -2.00. The SMILES string of the molecule is C[C@@H]1C[C@H]2[C@@H]3CCC4=CC(=O)C=C[C@]4(C)[C@@]3(F)[C@@H](O)C[C@]2(C)[C@@]1(O)C(=O)C(C)(C)O.Cc1c(F)c(N2CCN(C)C(C)C2)c2c3c1c(=O)c(C(=O)O)c(C)n3[C@@H](C)CO2. The highest BCUT2D eigenvalue weighted by Gasteiger charge is 2.76. The zero-order chi connectivity index (χ0) is 43.7. The fourth-order valence-electron chi connectivity index (χ4n) is 12.1. The summed E-state index contributed by atoms with van der Waals surface area (Å²) in [5.41, 5.74) is -6.61. The van der Waals surface area contributed by atoms with Crippen molar-refractivity contribution >= 4 is 34.1 Å². The number of Topliss-reactive ketones (excluding diaryl/α,β-unsaturated/α-hetero) is 1. The van der Waals surface area contributed by atoms with Gasteiger partial charge in [-0.15, -0.1) is 0 Å². The Bertz CT molecular complexity index is 2280. The van der Waals surface area contributed by atoms with Gasteiger partial charge in [0.15, 0.2) is 28.8 Å². The molecule has 4 fully saturated rings. The first-order valence-corrected chi connectivity index (χ1v) is 20.8. The third-order valence-electron chi connectivity index (χ3n) is 15.5. The zero-order valence-corrected chi connectivity index (χ0v) is 35.8. The van der Waals surface area contributed by atoms with Gasteiger partial charge in [-0.2, -0.15) is 0 Å². The molecule has 0 spiro atoms. The standard InChI is InChI=1S/C24H33FO5.C21H26FN3O4/c1-13-10-17-16-7-6-14-11-15(26)8-9-21(14,4)23(16,25)18(27)12-22(17,5)24(13,30)19(28)20(2,3)29;1-10-8-24(7-6-23(10)5)18-16(22)12(3)14-17-20(18)29-9-11(2)25(17)13(4)15(19(14)26)21(27)28/h8-9,11,13,16-18,27,29-30H,6-7,10,12H2,1-5H3;10-11H,6-9H2,1-5H3,(H,27,28)/t13-,16+,17+,18+,21+,22+,23+,24+;10?,11-/m10/s1. The highest BCUT2D eigenvalue weighted by molar-refractivity contribution is 6.02. The van der Waals surface area contributed by atoms with E-state index in [1.807, 2.05) is 23.4 Å². The molecule has 12 nitrogen and oxygen atoms in total. The molecule has 4 aliphatic carbocycles. The summed E-state index contributed by atoms with van der Waals surface area (Å²) >= 11 is 0. The summed E-state index contributed by atoms with van der Waals surface area (Å²) in [4.78, 5) is 54.1. The number of carboxylic acids is 1. The van der Waals surface area contributed by atoms with Crippen molar-refractivity contribution in [3.63, 3.8) is 0 Å². The van der Waals surface area contributed by atoms with Gasteiger partial charge in [0.2, 0.25) is 5.43 Å². The Labute approximate surface area is 343 Å². The van der Waals surface area contributed by atoms with Gasteiger partial charge in [-0.1, -0.05) is 25.5 Å². The van der Waals surface area contributed by atoms with Crippen LogP contribution in [0, 0.1) is 48.2 Å². The first-order valence-electron chi connectivity index (χ1n) is 20.8. The van der Waals surface area contributed by atoms with Gasteiger partial charge in [0.1, 0.15) is 29.1 Å². The predicted octanol–water partition coefficient (Wildman–Crippen LogP) is 5.22. The summed E-state index contributed by atoms with van der Waals surface area (Å²) in [6, 6.07) is 0.0695. The number of rotatable bonds is 4. The molecule has 2 aromatic rings. The number of aliphatic hydroxyl groups excluding tert-OH is 1. The number of hydrogen-bond acceptors (Lipinski definition) is 10. The van der Waals surface area contributed by atoms with Crippen LogP contribution in [0.1, 0.15) is 102 Å². The Morgan fingerprint density at radius 1 is 1.05 bits per heavy atom. The fraction of sp³-hybridized carbons (Fsp3) is 0.644. The van der Waals surface area contributed by atoms with Crippen LogP contribution < -0.4 is 15.1 Å². The number of piperazine rings is 1. The van der Waals surface area contributed by atoms with Crippen LogP contribution in [0.3, 0.4) is 0 Å². The van der Waals surface area contributed by atoms with Gasteiger partial charge in [-0.3, -0.25) is 14.4 Å². The monoisotopic (exact) mass is 823 g/mol. The van der Waals surface area contributed by atoms with E-state index in [1.54, 1.807) is 40.7 Å².